The molecule has 0 spiro atoms. The number of ketones is 1. The number of Topliss-reactive ketones (excluding diaryl/α,β-unsaturated/α-hetero) is 1. The number of hydrogen-bond donors (Lipinski definition) is 0. The van der Waals surface area contributed by atoms with E-state index >= 15 is 0 Å². The van der Waals surface area contributed by atoms with E-state index in [0.29, 0.717) is 18.2 Å². The standard InChI is InChI=1S/C11H12Cl2O/c1-8-2-3-9(7-13)6-10(8)11(14)4-5-12/h2-3,6H,4-5,7H2,1H3. The summed E-state index contributed by atoms with van der Waals surface area (Å²) in [6, 6.07) is 5.69. The van der Waals surface area contributed by atoms with Crippen LogP contribution in [0.2, 0.25) is 0 Å². The molecule has 0 saturated carbocycles. The third-order valence-electron chi connectivity index (χ3n) is 2.08. The SMILES string of the molecule is Cc1ccc(CCl)cc1C(=O)CCCl. The van der Waals surface area contributed by atoms with Gasteiger partial charge in [0, 0.05) is 23.7 Å². The summed E-state index contributed by atoms with van der Waals surface area (Å²) < 4.78 is 0. The van der Waals surface area contributed by atoms with E-state index in [1.165, 1.54) is 0 Å². The van der Waals surface area contributed by atoms with Crippen LogP contribution in [0.25, 0.3) is 0 Å². The molecule has 0 aliphatic rings. The molecule has 1 rings (SSSR count). The molecule has 0 radical (unpaired) electrons. The zero-order valence-corrected chi connectivity index (χ0v) is 9.53. The average Bonchev–Trinajstić information content (AvgIpc) is 2.19. The van der Waals surface area contributed by atoms with E-state index < -0.39 is 0 Å². The fourth-order valence-corrected chi connectivity index (χ4v) is 1.61. The summed E-state index contributed by atoms with van der Waals surface area (Å²) in [6.07, 6.45) is 0.383. The highest BCUT2D eigenvalue weighted by atomic mass is 35.5. The van der Waals surface area contributed by atoms with Gasteiger partial charge in [0.25, 0.3) is 0 Å². The zero-order chi connectivity index (χ0) is 10.6. The molecule has 0 N–H and O–H groups in total. The number of benzene rings is 1. The van der Waals surface area contributed by atoms with Gasteiger partial charge in [-0.1, -0.05) is 12.1 Å². The summed E-state index contributed by atoms with van der Waals surface area (Å²) in [4.78, 5) is 11.6. The molecule has 14 heavy (non-hydrogen) atoms. The van der Waals surface area contributed by atoms with E-state index in [-0.39, 0.29) is 5.78 Å². The fourth-order valence-electron chi connectivity index (χ4n) is 1.27. The Morgan fingerprint density at radius 2 is 2.07 bits per heavy atom. The van der Waals surface area contributed by atoms with E-state index in [1.807, 2.05) is 25.1 Å². The molecule has 0 unspecified atom stereocenters. The van der Waals surface area contributed by atoms with Crippen molar-refractivity contribution in [1.29, 1.82) is 0 Å². The van der Waals surface area contributed by atoms with Crippen molar-refractivity contribution in [2.45, 2.75) is 19.2 Å². The lowest BCUT2D eigenvalue weighted by Crippen LogP contribution is -2.03. The highest BCUT2D eigenvalue weighted by Crippen LogP contribution is 2.15. The van der Waals surface area contributed by atoms with E-state index in [9.17, 15) is 4.79 Å². The van der Waals surface area contributed by atoms with Gasteiger partial charge in [-0.15, -0.1) is 23.2 Å². The number of alkyl halides is 2. The fraction of sp³-hybridized carbons (Fsp3) is 0.364. The van der Waals surface area contributed by atoms with Gasteiger partial charge in [-0.05, 0) is 24.1 Å². The van der Waals surface area contributed by atoms with Crippen molar-refractivity contribution < 1.29 is 4.79 Å². The topological polar surface area (TPSA) is 17.1 Å². The first kappa shape index (κ1) is 11.5. The Hall–Kier alpha value is -0.530. The van der Waals surface area contributed by atoms with E-state index in [0.717, 1.165) is 16.7 Å². The number of halogens is 2. The van der Waals surface area contributed by atoms with Crippen LogP contribution in [-0.2, 0) is 5.88 Å². The van der Waals surface area contributed by atoms with Crippen LogP contribution in [0.1, 0.15) is 27.9 Å². The zero-order valence-electron chi connectivity index (χ0n) is 8.02. The summed E-state index contributed by atoms with van der Waals surface area (Å²) >= 11 is 11.2. The molecule has 0 saturated heterocycles. The molecule has 1 aromatic carbocycles. The van der Waals surface area contributed by atoms with Crippen LogP contribution in [0, 0.1) is 6.92 Å². The second-order valence-corrected chi connectivity index (χ2v) is 3.79. The predicted octanol–water partition coefficient (Wildman–Crippen LogP) is 3.55. The van der Waals surface area contributed by atoms with E-state index in [1.54, 1.807) is 0 Å². The molecule has 1 aromatic rings. The van der Waals surface area contributed by atoms with Gasteiger partial charge >= 0.3 is 0 Å². The lowest BCUT2D eigenvalue weighted by atomic mass is 10.0. The average molecular weight is 231 g/mol. The van der Waals surface area contributed by atoms with Crippen molar-refractivity contribution in [3.8, 4) is 0 Å². The second kappa shape index (κ2) is 5.38. The molecule has 3 heteroatoms. The van der Waals surface area contributed by atoms with Crippen molar-refractivity contribution in [2.75, 3.05) is 5.88 Å². The molecular formula is C11H12Cl2O. The first-order valence-corrected chi connectivity index (χ1v) is 5.50. The van der Waals surface area contributed by atoms with Crippen LogP contribution in [-0.4, -0.2) is 11.7 Å². The van der Waals surface area contributed by atoms with Crippen molar-refractivity contribution in [2.24, 2.45) is 0 Å². The van der Waals surface area contributed by atoms with Crippen molar-refractivity contribution in [3.63, 3.8) is 0 Å². The van der Waals surface area contributed by atoms with Gasteiger partial charge in [0.2, 0.25) is 0 Å². The Bertz CT molecular complexity index is 334. The summed E-state index contributed by atoms with van der Waals surface area (Å²) in [5, 5.41) is 0. The molecule has 1 nitrogen and oxygen atoms in total. The third kappa shape index (κ3) is 2.73. The maximum atomic E-state index is 11.6. The Morgan fingerprint density at radius 1 is 1.36 bits per heavy atom. The smallest absolute Gasteiger partial charge is 0.164 e. The van der Waals surface area contributed by atoms with E-state index in [4.69, 9.17) is 23.2 Å². The third-order valence-corrected chi connectivity index (χ3v) is 2.58. The monoisotopic (exact) mass is 230 g/mol. The lowest BCUT2D eigenvalue weighted by molar-refractivity contribution is 0.0988. The quantitative estimate of drug-likeness (QED) is 0.572. The number of rotatable bonds is 4. The Balaban J connectivity index is 2.99. The molecule has 0 bridgehead atoms. The molecule has 0 atom stereocenters. The van der Waals surface area contributed by atoms with Crippen LogP contribution in [0.3, 0.4) is 0 Å². The highest BCUT2D eigenvalue weighted by molar-refractivity contribution is 6.19. The summed E-state index contributed by atoms with van der Waals surface area (Å²) in [6.45, 7) is 1.92. The molecule has 0 fully saturated rings. The van der Waals surface area contributed by atoms with Crippen LogP contribution in [0.15, 0.2) is 18.2 Å². The van der Waals surface area contributed by atoms with Gasteiger partial charge in [0.15, 0.2) is 5.78 Å². The van der Waals surface area contributed by atoms with Gasteiger partial charge in [0.1, 0.15) is 0 Å². The molecular weight excluding hydrogens is 219 g/mol. The number of carbonyl (C=O) groups is 1. The van der Waals surface area contributed by atoms with Crippen LogP contribution in [0.5, 0.6) is 0 Å². The minimum atomic E-state index is 0.0875. The minimum Gasteiger partial charge on any atom is -0.294 e. The summed E-state index contributed by atoms with van der Waals surface area (Å²) in [5.41, 5.74) is 2.69. The first-order chi connectivity index (χ1) is 6.69. The number of carbonyl (C=O) groups excluding carboxylic acids is 1. The van der Waals surface area contributed by atoms with Crippen molar-refractivity contribution in [3.05, 3.63) is 34.9 Å². The maximum absolute atomic E-state index is 11.6. The molecule has 0 aliphatic carbocycles. The molecule has 76 valence electrons. The van der Waals surface area contributed by atoms with Gasteiger partial charge < -0.3 is 0 Å². The maximum Gasteiger partial charge on any atom is 0.164 e. The van der Waals surface area contributed by atoms with Crippen LogP contribution in [0.4, 0.5) is 0 Å². The van der Waals surface area contributed by atoms with Crippen LogP contribution >= 0.6 is 23.2 Å². The van der Waals surface area contributed by atoms with Crippen molar-refractivity contribution >= 4 is 29.0 Å². The minimum absolute atomic E-state index is 0.0875. The van der Waals surface area contributed by atoms with Crippen LogP contribution < -0.4 is 0 Å². The predicted molar refractivity (Wildman–Crippen MR) is 60.4 cm³/mol. The Kier molecular flexibility index (Phi) is 4.43. The molecule has 0 aliphatic heterocycles. The highest BCUT2D eigenvalue weighted by Gasteiger charge is 2.08. The largest absolute Gasteiger partial charge is 0.294 e. The van der Waals surface area contributed by atoms with E-state index in [2.05, 4.69) is 0 Å². The Labute approximate surface area is 94.0 Å². The number of hydrogen-bond acceptors (Lipinski definition) is 1. The first-order valence-electron chi connectivity index (χ1n) is 4.43. The molecule has 0 heterocycles. The second-order valence-electron chi connectivity index (χ2n) is 3.15. The summed E-state index contributed by atoms with van der Waals surface area (Å²) in [7, 11) is 0. The normalized spacial score (nSPS) is 10.2. The van der Waals surface area contributed by atoms with Gasteiger partial charge in [-0.25, -0.2) is 0 Å². The van der Waals surface area contributed by atoms with Crippen molar-refractivity contribution in [1.82, 2.24) is 0 Å². The van der Waals surface area contributed by atoms with Gasteiger partial charge in [-0.2, -0.15) is 0 Å². The Morgan fingerprint density at radius 3 is 2.64 bits per heavy atom. The number of aryl methyl sites for hydroxylation is 1. The lowest BCUT2D eigenvalue weighted by Gasteiger charge is -2.05. The van der Waals surface area contributed by atoms with Gasteiger partial charge in [-0.3, -0.25) is 4.79 Å². The molecule has 0 aromatic heterocycles. The molecule has 0 amide bonds. The van der Waals surface area contributed by atoms with Gasteiger partial charge in [0.05, 0.1) is 0 Å². The summed E-state index contributed by atoms with van der Waals surface area (Å²) in [5.74, 6) is 0.884.